The van der Waals surface area contributed by atoms with Crippen LogP contribution in [0.25, 0.3) is 0 Å². The molecule has 1 atom stereocenters. The molecular weight excluding hydrogens is 191 g/mol. The summed E-state index contributed by atoms with van der Waals surface area (Å²) in [4.78, 5) is 0. The molecule has 0 saturated heterocycles. The third kappa shape index (κ3) is 3.48. The van der Waals surface area contributed by atoms with Crippen LogP contribution in [0.3, 0.4) is 0 Å². The van der Waals surface area contributed by atoms with Gasteiger partial charge in [0.25, 0.3) is 0 Å². The van der Waals surface area contributed by atoms with E-state index in [1.165, 1.54) is 0 Å². The zero-order chi connectivity index (χ0) is 10.6. The van der Waals surface area contributed by atoms with E-state index in [1.807, 2.05) is 0 Å². The monoisotopic (exact) mass is 209 g/mol. The lowest BCUT2D eigenvalue weighted by Crippen LogP contribution is -2.43. The van der Waals surface area contributed by atoms with Gasteiger partial charge in [-0.05, 0) is 18.9 Å². The van der Waals surface area contributed by atoms with Crippen molar-refractivity contribution in [2.45, 2.75) is 51.2 Å². The molecule has 0 spiro atoms. The van der Waals surface area contributed by atoms with Crippen molar-refractivity contribution in [1.82, 2.24) is 5.32 Å². The first-order valence-corrected chi connectivity index (χ1v) is 5.34. The van der Waals surface area contributed by atoms with Crippen LogP contribution in [-0.2, 0) is 0 Å². The highest BCUT2D eigenvalue weighted by Crippen LogP contribution is 2.33. The SMILES string of the molecule is CCNC(CC1CCCC1)C(F)(F)F. The van der Waals surface area contributed by atoms with Gasteiger partial charge >= 0.3 is 6.18 Å². The Balaban J connectivity index is 2.41. The number of rotatable bonds is 4. The zero-order valence-corrected chi connectivity index (χ0v) is 8.53. The van der Waals surface area contributed by atoms with Gasteiger partial charge in [-0.1, -0.05) is 32.6 Å². The summed E-state index contributed by atoms with van der Waals surface area (Å²) in [5, 5.41) is 2.52. The molecule has 1 fully saturated rings. The van der Waals surface area contributed by atoms with Crippen LogP contribution in [0.2, 0.25) is 0 Å². The molecule has 1 rings (SSSR count). The Morgan fingerprint density at radius 1 is 1.29 bits per heavy atom. The summed E-state index contributed by atoms with van der Waals surface area (Å²) in [5.41, 5.74) is 0. The quantitative estimate of drug-likeness (QED) is 0.750. The normalized spacial score (nSPS) is 21.4. The van der Waals surface area contributed by atoms with Gasteiger partial charge in [-0.2, -0.15) is 13.2 Å². The first kappa shape index (κ1) is 11.8. The first-order chi connectivity index (χ1) is 6.54. The van der Waals surface area contributed by atoms with Crippen molar-refractivity contribution in [2.75, 3.05) is 6.54 Å². The van der Waals surface area contributed by atoms with Gasteiger partial charge in [-0.15, -0.1) is 0 Å². The van der Waals surface area contributed by atoms with Gasteiger partial charge in [0.05, 0.1) is 0 Å². The molecule has 0 aromatic rings. The van der Waals surface area contributed by atoms with Gasteiger partial charge in [0, 0.05) is 0 Å². The molecule has 14 heavy (non-hydrogen) atoms. The number of nitrogens with one attached hydrogen (secondary N) is 1. The Labute approximate surface area is 83.1 Å². The predicted molar refractivity (Wildman–Crippen MR) is 50.1 cm³/mol. The number of hydrogen-bond acceptors (Lipinski definition) is 1. The Kier molecular flexibility index (Phi) is 4.23. The second-order valence-electron chi connectivity index (χ2n) is 4.04. The second-order valence-corrected chi connectivity index (χ2v) is 4.04. The molecule has 0 aromatic heterocycles. The smallest absolute Gasteiger partial charge is 0.306 e. The van der Waals surface area contributed by atoms with E-state index in [4.69, 9.17) is 0 Å². The molecule has 1 aliphatic carbocycles. The summed E-state index contributed by atoms with van der Waals surface area (Å²) in [5.74, 6) is 0.278. The third-order valence-corrected chi connectivity index (χ3v) is 2.89. The van der Waals surface area contributed by atoms with E-state index in [1.54, 1.807) is 6.92 Å². The van der Waals surface area contributed by atoms with E-state index in [0.29, 0.717) is 6.54 Å². The lowest BCUT2D eigenvalue weighted by molar-refractivity contribution is -0.159. The minimum Gasteiger partial charge on any atom is -0.306 e. The highest BCUT2D eigenvalue weighted by atomic mass is 19.4. The molecule has 1 unspecified atom stereocenters. The van der Waals surface area contributed by atoms with E-state index in [2.05, 4.69) is 5.32 Å². The van der Waals surface area contributed by atoms with E-state index in [-0.39, 0.29) is 12.3 Å². The molecule has 0 heterocycles. The standard InChI is InChI=1S/C10H18F3N/c1-2-14-9(10(11,12)13)7-8-5-3-4-6-8/h8-9,14H,2-7H2,1H3. The Bertz CT molecular complexity index is 161. The zero-order valence-electron chi connectivity index (χ0n) is 8.53. The summed E-state index contributed by atoms with van der Waals surface area (Å²) in [7, 11) is 0. The van der Waals surface area contributed by atoms with Crippen molar-refractivity contribution in [3.8, 4) is 0 Å². The summed E-state index contributed by atoms with van der Waals surface area (Å²) < 4.78 is 37.5. The van der Waals surface area contributed by atoms with Crippen molar-refractivity contribution in [1.29, 1.82) is 0 Å². The van der Waals surface area contributed by atoms with E-state index in [9.17, 15) is 13.2 Å². The van der Waals surface area contributed by atoms with Crippen molar-refractivity contribution < 1.29 is 13.2 Å². The van der Waals surface area contributed by atoms with E-state index in [0.717, 1.165) is 25.7 Å². The maximum Gasteiger partial charge on any atom is 0.403 e. The summed E-state index contributed by atoms with van der Waals surface area (Å²) in [6.45, 7) is 2.10. The minimum absolute atomic E-state index is 0.261. The Hall–Kier alpha value is -0.250. The average molecular weight is 209 g/mol. The molecule has 1 aliphatic rings. The molecular formula is C10H18F3N. The molecule has 4 heteroatoms. The van der Waals surface area contributed by atoms with Crippen LogP contribution in [-0.4, -0.2) is 18.8 Å². The molecule has 0 aliphatic heterocycles. The molecule has 0 bridgehead atoms. The molecule has 84 valence electrons. The maximum atomic E-state index is 12.5. The lowest BCUT2D eigenvalue weighted by Gasteiger charge is -2.23. The Morgan fingerprint density at radius 3 is 2.29 bits per heavy atom. The van der Waals surface area contributed by atoms with Crippen LogP contribution < -0.4 is 5.32 Å². The third-order valence-electron chi connectivity index (χ3n) is 2.89. The molecule has 1 saturated carbocycles. The van der Waals surface area contributed by atoms with Gasteiger partial charge in [0.2, 0.25) is 0 Å². The summed E-state index contributed by atoms with van der Waals surface area (Å²) >= 11 is 0. The first-order valence-electron chi connectivity index (χ1n) is 5.34. The minimum atomic E-state index is -4.08. The lowest BCUT2D eigenvalue weighted by atomic mass is 9.98. The molecule has 1 N–H and O–H groups in total. The van der Waals surface area contributed by atoms with Gasteiger partial charge in [0.15, 0.2) is 0 Å². The highest BCUT2D eigenvalue weighted by Gasteiger charge is 2.40. The van der Waals surface area contributed by atoms with Crippen molar-refractivity contribution in [2.24, 2.45) is 5.92 Å². The van der Waals surface area contributed by atoms with E-state index < -0.39 is 12.2 Å². The molecule has 1 nitrogen and oxygen atoms in total. The van der Waals surface area contributed by atoms with E-state index >= 15 is 0 Å². The fraction of sp³-hybridized carbons (Fsp3) is 1.00. The van der Waals surface area contributed by atoms with Crippen molar-refractivity contribution in [3.05, 3.63) is 0 Å². The average Bonchev–Trinajstić information content (AvgIpc) is 2.54. The van der Waals surface area contributed by atoms with Crippen LogP contribution in [0.5, 0.6) is 0 Å². The molecule has 0 aromatic carbocycles. The van der Waals surface area contributed by atoms with Crippen LogP contribution >= 0.6 is 0 Å². The fourth-order valence-corrected chi connectivity index (χ4v) is 2.16. The summed E-state index contributed by atoms with van der Waals surface area (Å²) in [6.07, 6.45) is 0.314. The van der Waals surface area contributed by atoms with Crippen LogP contribution in [0.4, 0.5) is 13.2 Å². The van der Waals surface area contributed by atoms with Crippen molar-refractivity contribution >= 4 is 0 Å². The number of halogens is 3. The van der Waals surface area contributed by atoms with Crippen molar-refractivity contribution in [3.63, 3.8) is 0 Å². The predicted octanol–water partition coefficient (Wildman–Crippen LogP) is 3.11. The topological polar surface area (TPSA) is 12.0 Å². The molecule has 0 radical (unpaired) electrons. The van der Waals surface area contributed by atoms with Crippen LogP contribution in [0.15, 0.2) is 0 Å². The van der Waals surface area contributed by atoms with Crippen LogP contribution in [0, 0.1) is 5.92 Å². The molecule has 0 amide bonds. The highest BCUT2D eigenvalue weighted by molar-refractivity contribution is 4.80. The second kappa shape index (κ2) is 5.01. The van der Waals surface area contributed by atoms with Gasteiger partial charge in [-0.3, -0.25) is 0 Å². The summed E-state index contributed by atoms with van der Waals surface area (Å²) in [6, 6.07) is -1.30. The number of hydrogen-bond donors (Lipinski definition) is 1. The van der Waals surface area contributed by atoms with Gasteiger partial charge < -0.3 is 5.32 Å². The van der Waals surface area contributed by atoms with Crippen LogP contribution in [0.1, 0.15) is 39.0 Å². The maximum absolute atomic E-state index is 12.5. The van der Waals surface area contributed by atoms with Gasteiger partial charge in [0.1, 0.15) is 6.04 Å². The van der Waals surface area contributed by atoms with Gasteiger partial charge in [-0.25, -0.2) is 0 Å². The largest absolute Gasteiger partial charge is 0.403 e. The fourth-order valence-electron chi connectivity index (χ4n) is 2.16. The number of alkyl halides is 3. The Morgan fingerprint density at radius 2 is 1.86 bits per heavy atom.